The molecule has 0 unspecified atom stereocenters. The van der Waals surface area contributed by atoms with E-state index in [-0.39, 0.29) is 11.1 Å². The van der Waals surface area contributed by atoms with Crippen LogP contribution in [0.3, 0.4) is 0 Å². The summed E-state index contributed by atoms with van der Waals surface area (Å²) in [6, 6.07) is 15.3. The maximum atomic E-state index is 13.1. The van der Waals surface area contributed by atoms with Gasteiger partial charge in [-0.2, -0.15) is 9.78 Å². The first-order valence-corrected chi connectivity index (χ1v) is 9.92. The second-order valence-electron chi connectivity index (χ2n) is 7.28. The Bertz CT molecular complexity index is 1270. The topological polar surface area (TPSA) is 75.3 Å². The summed E-state index contributed by atoms with van der Waals surface area (Å²) < 4.78 is 13.5. The average Bonchev–Trinajstić information content (AvgIpc) is 3.13. The Kier molecular flexibility index (Phi) is 5.58. The highest BCUT2D eigenvalue weighted by Gasteiger charge is 2.25. The molecule has 0 bridgehead atoms. The third-order valence-electron chi connectivity index (χ3n) is 5.21. The molecule has 0 amide bonds. The molecule has 2 heterocycles. The average molecular weight is 417 g/mol. The van der Waals surface area contributed by atoms with Crippen molar-refractivity contribution < 1.29 is 14.3 Å². The molecule has 2 aliphatic rings. The van der Waals surface area contributed by atoms with Crippen molar-refractivity contribution in [3.05, 3.63) is 88.0 Å². The van der Waals surface area contributed by atoms with Gasteiger partial charge in [-0.05, 0) is 42.7 Å². The Morgan fingerprint density at radius 3 is 2.61 bits per heavy atom. The summed E-state index contributed by atoms with van der Waals surface area (Å²) >= 11 is 0. The number of aryl methyl sites for hydroxylation is 3. The van der Waals surface area contributed by atoms with Gasteiger partial charge in [-0.3, -0.25) is 4.79 Å². The summed E-state index contributed by atoms with van der Waals surface area (Å²) in [5, 5.41) is 4.45. The van der Waals surface area contributed by atoms with Gasteiger partial charge in [0.25, 0.3) is 5.56 Å². The van der Waals surface area contributed by atoms with Gasteiger partial charge >= 0.3 is 5.97 Å². The van der Waals surface area contributed by atoms with E-state index in [9.17, 15) is 9.59 Å². The molecule has 2 aromatic carbocycles. The fraction of sp³-hybridized carbons (Fsp3) is 0.208. The number of carbonyl (C=O) groups is 1. The number of carbonyl (C=O) groups excluding carboxylic acids is 1. The highest BCUT2D eigenvalue weighted by Crippen LogP contribution is 2.24. The first-order valence-electron chi connectivity index (χ1n) is 9.92. The van der Waals surface area contributed by atoms with Crippen molar-refractivity contribution in [1.29, 1.82) is 0 Å². The van der Waals surface area contributed by atoms with Gasteiger partial charge in [0.2, 0.25) is 0 Å². The Morgan fingerprint density at radius 2 is 1.87 bits per heavy atom. The van der Waals surface area contributed by atoms with E-state index in [0.717, 1.165) is 16.9 Å². The van der Waals surface area contributed by atoms with Gasteiger partial charge in [0.15, 0.2) is 0 Å². The summed E-state index contributed by atoms with van der Waals surface area (Å²) in [6.45, 7) is 2.50. The van der Waals surface area contributed by atoms with Gasteiger partial charge in [0.05, 0.1) is 25.5 Å². The van der Waals surface area contributed by atoms with Gasteiger partial charge in [0, 0.05) is 18.9 Å². The molecule has 158 valence electrons. The minimum Gasteiger partial charge on any atom is -0.496 e. The fourth-order valence-electron chi connectivity index (χ4n) is 3.64. The zero-order valence-corrected chi connectivity index (χ0v) is 17.7. The number of methoxy groups -OCH3 is 2. The number of aromatic nitrogens is 3. The van der Waals surface area contributed by atoms with Crippen LogP contribution in [0.5, 0.6) is 5.75 Å². The van der Waals surface area contributed by atoms with E-state index in [4.69, 9.17) is 9.47 Å². The summed E-state index contributed by atoms with van der Waals surface area (Å²) in [5.74, 6) is 0.264. The van der Waals surface area contributed by atoms with Gasteiger partial charge in [-0.15, -0.1) is 0 Å². The molecule has 7 heteroatoms. The minimum atomic E-state index is -0.537. The van der Waals surface area contributed by atoms with E-state index < -0.39 is 5.97 Å². The van der Waals surface area contributed by atoms with Crippen LogP contribution in [0, 0.1) is 6.92 Å². The predicted octanol–water partition coefficient (Wildman–Crippen LogP) is 3.49. The van der Waals surface area contributed by atoms with Crippen LogP contribution in [0.25, 0.3) is 16.9 Å². The Morgan fingerprint density at radius 1 is 1.06 bits per heavy atom. The maximum absolute atomic E-state index is 13.1. The number of pyridine rings is 1. The lowest BCUT2D eigenvalue weighted by molar-refractivity contribution is 0.0600. The summed E-state index contributed by atoms with van der Waals surface area (Å²) in [6.07, 6.45) is 4.08. The molecular weight excluding hydrogens is 394 g/mol. The van der Waals surface area contributed by atoms with Crippen molar-refractivity contribution in [1.82, 2.24) is 14.3 Å². The van der Waals surface area contributed by atoms with Crippen LogP contribution in [-0.4, -0.2) is 34.5 Å². The van der Waals surface area contributed by atoms with Crippen LogP contribution in [0.4, 0.5) is 0 Å². The molecule has 0 aromatic heterocycles. The number of benzene rings is 2. The number of nitrogens with zero attached hydrogens (tertiary/aromatic N) is 3. The Balaban J connectivity index is 1.79. The molecule has 0 fully saturated rings. The molecule has 0 saturated heterocycles. The molecule has 4 rings (SSSR count). The summed E-state index contributed by atoms with van der Waals surface area (Å²) in [4.78, 5) is 25.6. The van der Waals surface area contributed by atoms with E-state index in [1.165, 1.54) is 11.8 Å². The SMILES string of the molecule is COC(=O)c1cn(CCc2ccccc2OC)cc2c(=O)n(-c3cccc(C)c3)nc1-2. The normalized spacial score (nSPS) is 10.9. The number of para-hydroxylation sites is 1. The Hall–Kier alpha value is -3.87. The minimum absolute atomic E-state index is 0.253. The van der Waals surface area contributed by atoms with E-state index in [1.807, 2.05) is 60.0 Å². The smallest absolute Gasteiger partial charge is 0.341 e. The maximum Gasteiger partial charge on any atom is 0.341 e. The van der Waals surface area contributed by atoms with Crippen LogP contribution in [0.1, 0.15) is 21.5 Å². The monoisotopic (exact) mass is 417 g/mol. The van der Waals surface area contributed by atoms with Crippen LogP contribution < -0.4 is 10.3 Å². The zero-order valence-electron chi connectivity index (χ0n) is 17.7. The second kappa shape index (κ2) is 8.47. The second-order valence-corrected chi connectivity index (χ2v) is 7.28. The lowest BCUT2D eigenvalue weighted by Gasteiger charge is -2.13. The predicted molar refractivity (Wildman–Crippen MR) is 117 cm³/mol. The standard InChI is InChI=1S/C24H23N3O4/c1-16-7-6-9-18(13-16)27-23(28)19-14-26(15-20(22(19)25-27)24(29)31-3)12-11-17-8-4-5-10-21(17)30-2/h4-10,13-15H,11-12H2,1-3H3. The third-order valence-corrected chi connectivity index (χ3v) is 5.21. The Labute approximate surface area is 179 Å². The number of fused-ring (bicyclic) bond motifs is 1. The van der Waals surface area contributed by atoms with Crippen molar-refractivity contribution >= 4 is 5.97 Å². The number of rotatable bonds is 6. The molecule has 0 aliphatic carbocycles. The largest absolute Gasteiger partial charge is 0.496 e. The number of hydrogen-bond donors (Lipinski definition) is 0. The van der Waals surface area contributed by atoms with Gasteiger partial charge < -0.3 is 14.0 Å². The molecule has 0 spiro atoms. The zero-order chi connectivity index (χ0) is 22.0. The van der Waals surface area contributed by atoms with E-state index in [1.54, 1.807) is 19.5 Å². The van der Waals surface area contributed by atoms with Crippen molar-refractivity contribution in [2.45, 2.75) is 19.9 Å². The lowest BCUT2D eigenvalue weighted by Crippen LogP contribution is -2.16. The number of esters is 1. The molecule has 0 saturated carbocycles. The summed E-state index contributed by atoms with van der Waals surface area (Å²) in [5.41, 5.74) is 3.36. The van der Waals surface area contributed by atoms with Gasteiger partial charge in [-0.25, -0.2) is 4.79 Å². The molecule has 2 aromatic rings. The molecule has 0 N–H and O–H groups in total. The van der Waals surface area contributed by atoms with E-state index >= 15 is 0 Å². The third kappa shape index (κ3) is 3.94. The molecule has 31 heavy (non-hydrogen) atoms. The highest BCUT2D eigenvalue weighted by atomic mass is 16.5. The van der Waals surface area contributed by atoms with Crippen LogP contribution in [-0.2, 0) is 17.7 Å². The van der Waals surface area contributed by atoms with E-state index in [2.05, 4.69) is 5.10 Å². The quantitative estimate of drug-likeness (QED) is 0.449. The molecule has 2 aliphatic heterocycles. The van der Waals surface area contributed by atoms with Crippen LogP contribution in [0.15, 0.2) is 65.7 Å². The summed E-state index contributed by atoms with van der Waals surface area (Å²) in [7, 11) is 2.95. The van der Waals surface area contributed by atoms with Crippen LogP contribution >= 0.6 is 0 Å². The fourth-order valence-corrected chi connectivity index (χ4v) is 3.64. The van der Waals surface area contributed by atoms with Gasteiger partial charge in [-0.1, -0.05) is 30.3 Å². The molecule has 0 radical (unpaired) electrons. The van der Waals surface area contributed by atoms with Crippen LogP contribution in [0.2, 0.25) is 0 Å². The van der Waals surface area contributed by atoms with Crippen molar-refractivity contribution in [2.24, 2.45) is 0 Å². The number of hydrogen-bond acceptors (Lipinski definition) is 5. The molecule has 0 atom stereocenters. The molecular formula is C24H23N3O4. The van der Waals surface area contributed by atoms with Crippen molar-refractivity contribution in [2.75, 3.05) is 14.2 Å². The number of ether oxygens (including phenoxy) is 2. The lowest BCUT2D eigenvalue weighted by atomic mass is 10.1. The van der Waals surface area contributed by atoms with Crippen molar-refractivity contribution in [3.8, 4) is 22.7 Å². The first-order chi connectivity index (χ1) is 15.0. The highest BCUT2D eigenvalue weighted by molar-refractivity contribution is 5.96. The van der Waals surface area contributed by atoms with E-state index in [0.29, 0.717) is 29.9 Å². The van der Waals surface area contributed by atoms with Gasteiger partial charge in [0.1, 0.15) is 17.0 Å². The van der Waals surface area contributed by atoms with Crippen molar-refractivity contribution in [3.63, 3.8) is 0 Å². The first kappa shape index (κ1) is 20.4. The molecule has 7 nitrogen and oxygen atoms in total.